The highest BCUT2D eigenvalue weighted by Gasteiger charge is 2.24. The summed E-state index contributed by atoms with van der Waals surface area (Å²) in [5.74, 6) is 4.34. The average Bonchev–Trinajstić information content (AvgIpc) is 2.41. The molecule has 0 bridgehead atoms. The van der Waals surface area contributed by atoms with Crippen LogP contribution in [0.25, 0.3) is 0 Å². The van der Waals surface area contributed by atoms with Crippen LogP contribution in [-0.4, -0.2) is 35.6 Å². The van der Waals surface area contributed by atoms with E-state index in [4.69, 9.17) is 5.11 Å². The lowest BCUT2D eigenvalue weighted by atomic mass is 9.98. The quantitative estimate of drug-likeness (QED) is 0.827. The Bertz CT molecular complexity index is 518. The topological polar surface area (TPSA) is 40.5 Å². The molecule has 100 valence electrons. The fourth-order valence-electron chi connectivity index (χ4n) is 2.21. The maximum Gasteiger partial charge on any atom is 0.307 e. The second-order valence-corrected chi connectivity index (χ2v) is 4.69. The number of hydrogen-bond donors (Lipinski definition) is 1. The molecule has 0 spiro atoms. The number of carbonyl (C=O) groups is 1. The zero-order chi connectivity index (χ0) is 13.7. The molecule has 1 unspecified atom stereocenters. The number of halogens is 1. The summed E-state index contributed by atoms with van der Waals surface area (Å²) >= 11 is 0. The SMILES string of the molecule is O=C(O)C1CCCN(CC#Cc2ccccc2F)C1. The second-order valence-electron chi connectivity index (χ2n) is 4.69. The number of rotatable bonds is 2. The van der Waals surface area contributed by atoms with Crippen molar-refractivity contribution in [2.24, 2.45) is 5.92 Å². The number of hydrogen-bond acceptors (Lipinski definition) is 2. The monoisotopic (exact) mass is 261 g/mol. The second kappa shape index (κ2) is 6.35. The van der Waals surface area contributed by atoms with Crippen LogP contribution >= 0.6 is 0 Å². The molecule has 19 heavy (non-hydrogen) atoms. The van der Waals surface area contributed by atoms with Crippen molar-refractivity contribution in [2.75, 3.05) is 19.6 Å². The maximum atomic E-state index is 13.3. The molecule has 1 aromatic rings. The lowest BCUT2D eigenvalue weighted by Gasteiger charge is -2.28. The van der Waals surface area contributed by atoms with E-state index >= 15 is 0 Å². The Labute approximate surface area is 112 Å². The van der Waals surface area contributed by atoms with Crippen molar-refractivity contribution in [1.82, 2.24) is 4.90 Å². The molecule has 3 nitrogen and oxygen atoms in total. The summed E-state index contributed by atoms with van der Waals surface area (Å²) in [5.41, 5.74) is 0.384. The van der Waals surface area contributed by atoms with E-state index in [1.54, 1.807) is 18.2 Å². The zero-order valence-corrected chi connectivity index (χ0v) is 10.6. The highest BCUT2D eigenvalue weighted by atomic mass is 19.1. The molecule has 0 saturated carbocycles. The fourth-order valence-corrected chi connectivity index (χ4v) is 2.21. The predicted octanol–water partition coefficient (Wildman–Crippen LogP) is 1.97. The molecule has 1 heterocycles. The Balaban J connectivity index is 1.93. The Hall–Kier alpha value is -1.86. The summed E-state index contributed by atoms with van der Waals surface area (Å²) in [6.07, 6.45) is 1.60. The first-order chi connectivity index (χ1) is 9.16. The van der Waals surface area contributed by atoms with Gasteiger partial charge in [-0.15, -0.1) is 0 Å². The first kappa shape index (κ1) is 13.6. The predicted molar refractivity (Wildman–Crippen MR) is 70.1 cm³/mol. The van der Waals surface area contributed by atoms with Gasteiger partial charge in [-0.1, -0.05) is 24.0 Å². The first-order valence-corrected chi connectivity index (χ1v) is 6.35. The molecular formula is C15H16FNO2. The van der Waals surface area contributed by atoms with Crippen molar-refractivity contribution in [3.05, 3.63) is 35.6 Å². The molecule has 1 atom stereocenters. The van der Waals surface area contributed by atoms with Crippen LogP contribution < -0.4 is 0 Å². The third-order valence-corrected chi connectivity index (χ3v) is 3.25. The van der Waals surface area contributed by atoms with Crippen LogP contribution in [0.5, 0.6) is 0 Å². The van der Waals surface area contributed by atoms with Crippen molar-refractivity contribution in [3.63, 3.8) is 0 Å². The van der Waals surface area contributed by atoms with Gasteiger partial charge in [0.25, 0.3) is 0 Å². The summed E-state index contributed by atoms with van der Waals surface area (Å²) in [4.78, 5) is 12.9. The van der Waals surface area contributed by atoms with E-state index in [9.17, 15) is 9.18 Å². The van der Waals surface area contributed by atoms with E-state index in [2.05, 4.69) is 11.8 Å². The van der Waals surface area contributed by atoms with Gasteiger partial charge in [0.2, 0.25) is 0 Å². The van der Waals surface area contributed by atoms with Gasteiger partial charge in [0.15, 0.2) is 0 Å². The molecule has 4 heteroatoms. The molecule has 1 aromatic carbocycles. The van der Waals surface area contributed by atoms with E-state index in [0.29, 0.717) is 18.7 Å². The molecule has 0 radical (unpaired) electrons. The maximum absolute atomic E-state index is 13.3. The minimum Gasteiger partial charge on any atom is -0.481 e. The third kappa shape index (κ3) is 3.80. The Morgan fingerprint density at radius 3 is 3.00 bits per heavy atom. The molecule has 0 aromatic heterocycles. The minimum absolute atomic E-state index is 0.302. The summed E-state index contributed by atoms with van der Waals surface area (Å²) in [5, 5.41) is 8.98. The van der Waals surface area contributed by atoms with Gasteiger partial charge in [-0.25, -0.2) is 4.39 Å². The lowest BCUT2D eigenvalue weighted by molar-refractivity contribution is -0.143. The van der Waals surface area contributed by atoms with Crippen molar-refractivity contribution in [3.8, 4) is 11.8 Å². The number of carboxylic acid groups (broad SMARTS) is 1. The van der Waals surface area contributed by atoms with Gasteiger partial charge in [-0.05, 0) is 31.5 Å². The van der Waals surface area contributed by atoms with Gasteiger partial charge in [0.1, 0.15) is 5.82 Å². The summed E-state index contributed by atoms with van der Waals surface area (Å²) in [7, 11) is 0. The van der Waals surface area contributed by atoms with E-state index in [1.807, 2.05) is 4.90 Å². The first-order valence-electron chi connectivity index (χ1n) is 6.35. The van der Waals surface area contributed by atoms with Crippen molar-refractivity contribution in [1.29, 1.82) is 0 Å². The molecule has 1 saturated heterocycles. The van der Waals surface area contributed by atoms with Gasteiger partial charge in [0.05, 0.1) is 18.0 Å². The number of carboxylic acids is 1. The van der Waals surface area contributed by atoms with Gasteiger partial charge < -0.3 is 5.11 Å². The van der Waals surface area contributed by atoms with Gasteiger partial charge in [-0.3, -0.25) is 9.69 Å². The number of nitrogens with zero attached hydrogens (tertiary/aromatic N) is 1. The lowest BCUT2D eigenvalue weighted by Crippen LogP contribution is -2.38. The van der Waals surface area contributed by atoms with Gasteiger partial charge in [-0.2, -0.15) is 0 Å². The van der Waals surface area contributed by atoms with Gasteiger partial charge >= 0.3 is 5.97 Å². The van der Waals surface area contributed by atoms with E-state index in [0.717, 1.165) is 19.4 Å². The van der Waals surface area contributed by atoms with Crippen molar-refractivity contribution >= 4 is 5.97 Å². The number of benzene rings is 1. The smallest absolute Gasteiger partial charge is 0.307 e. The van der Waals surface area contributed by atoms with Crippen LogP contribution in [0.15, 0.2) is 24.3 Å². The molecule has 0 amide bonds. The molecule has 1 aliphatic heterocycles. The Kier molecular flexibility index (Phi) is 4.53. The molecule has 0 aliphatic carbocycles. The molecular weight excluding hydrogens is 245 g/mol. The number of piperidine rings is 1. The van der Waals surface area contributed by atoms with Crippen LogP contribution in [-0.2, 0) is 4.79 Å². The zero-order valence-electron chi connectivity index (χ0n) is 10.6. The number of likely N-dealkylation sites (tertiary alicyclic amines) is 1. The number of aliphatic carboxylic acids is 1. The average molecular weight is 261 g/mol. The molecule has 1 aliphatic rings. The third-order valence-electron chi connectivity index (χ3n) is 3.25. The van der Waals surface area contributed by atoms with Crippen LogP contribution in [0.3, 0.4) is 0 Å². The van der Waals surface area contributed by atoms with Crippen LogP contribution in [0.2, 0.25) is 0 Å². The van der Waals surface area contributed by atoms with E-state index in [-0.39, 0.29) is 11.7 Å². The van der Waals surface area contributed by atoms with Crippen LogP contribution in [0.1, 0.15) is 18.4 Å². The van der Waals surface area contributed by atoms with E-state index < -0.39 is 5.97 Å². The van der Waals surface area contributed by atoms with Crippen LogP contribution in [0, 0.1) is 23.6 Å². The highest BCUT2D eigenvalue weighted by Crippen LogP contribution is 2.15. The van der Waals surface area contributed by atoms with Crippen LogP contribution in [0.4, 0.5) is 4.39 Å². The summed E-state index contributed by atoms with van der Waals surface area (Å²) in [6, 6.07) is 6.39. The summed E-state index contributed by atoms with van der Waals surface area (Å²) in [6.45, 7) is 1.87. The van der Waals surface area contributed by atoms with Crippen molar-refractivity contribution in [2.45, 2.75) is 12.8 Å². The molecule has 1 fully saturated rings. The minimum atomic E-state index is -0.744. The Morgan fingerprint density at radius 1 is 1.47 bits per heavy atom. The normalized spacial score (nSPS) is 19.5. The summed E-state index contributed by atoms with van der Waals surface area (Å²) < 4.78 is 13.3. The molecule has 1 N–H and O–H groups in total. The van der Waals surface area contributed by atoms with E-state index in [1.165, 1.54) is 6.07 Å². The largest absolute Gasteiger partial charge is 0.481 e. The van der Waals surface area contributed by atoms with Crippen molar-refractivity contribution < 1.29 is 14.3 Å². The highest BCUT2D eigenvalue weighted by molar-refractivity contribution is 5.70. The standard InChI is InChI=1S/C15H16FNO2/c16-14-8-2-1-5-12(14)6-3-9-17-10-4-7-13(11-17)15(18)19/h1-2,5,8,13H,4,7,9-11H2,(H,18,19). The fraction of sp³-hybridized carbons (Fsp3) is 0.400. The Morgan fingerprint density at radius 2 is 2.26 bits per heavy atom. The van der Waals surface area contributed by atoms with Gasteiger partial charge in [0, 0.05) is 6.54 Å². The molecule has 2 rings (SSSR count).